The molecule has 1 aliphatic rings. The molecule has 0 atom stereocenters. The normalized spacial score (nSPS) is 14.8. The molecule has 1 aliphatic heterocycles. The molecule has 0 aliphatic carbocycles. The molecule has 172 valence electrons. The van der Waals surface area contributed by atoms with Gasteiger partial charge >= 0.3 is 6.18 Å². The lowest BCUT2D eigenvalue weighted by atomic mass is 10.1. The largest absolute Gasteiger partial charge is 0.494 e. The van der Waals surface area contributed by atoms with Crippen LogP contribution in [0.4, 0.5) is 19.1 Å². The number of hydrogen-bond acceptors (Lipinski definition) is 8. The number of nitrogens with one attached hydrogen (secondary N) is 2. The van der Waals surface area contributed by atoms with E-state index >= 15 is 0 Å². The van der Waals surface area contributed by atoms with Crippen LogP contribution in [0.3, 0.4) is 0 Å². The molecule has 0 spiro atoms. The summed E-state index contributed by atoms with van der Waals surface area (Å²) in [6.45, 7) is 3.97. The monoisotopic (exact) mass is 453 g/mol. The van der Waals surface area contributed by atoms with Crippen molar-refractivity contribution < 1.29 is 32.1 Å². The summed E-state index contributed by atoms with van der Waals surface area (Å²) in [4.78, 5) is 8.85. The van der Waals surface area contributed by atoms with Crippen LogP contribution in [0.2, 0.25) is 0 Å². The van der Waals surface area contributed by atoms with E-state index in [-0.39, 0.29) is 17.6 Å². The van der Waals surface area contributed by atoms with Gasteiger partial charge in [0.25, 0.3) is 0 Å². The zero-order valence-electron chi connectivity index (χ0n) is 17.5. The molecule has 1 saturated heterocycles. The zero-order chi connectivity index (χ0) is 22.7. The number of nitrogens with zero attached hydrogens (tertiary/aromatic N) is 3. The standard InChI is InChI=1S/C20H22F3N5O4/c1-3-29-12-7-13-11(2)6-14(25-17(13)15(8-12)32-10-20(21,22)23)18-26-19(28-27-18)24-9-16-30-4-5-31-16/h6-8,16H,3-5,9-10H2,1-2H3,(H2,24,26,27,28). The van der Waals surface area contributed by atoms with E-state index in [2.05, 4.69) is 25.5 Å². The molecule has 2 N–H and O–H groups in total. The fourth-order valence-corrected chi connectivity index (χ4v) is 3.23. The van der Waals surface area contributed by atoms with Crippen molar-refractivity contribution in [2.75, 3.05) is 38.3 Å². The first-order chi connectivity index (χ1) is 15.3. The molecule has 3 heterocycles. The number of aromatic amines is 1. The number of anilines is 1. The lowest BCUT2D eigenvalue weighted by molar-refractivity contribution is -0.153. The van der Waals surface area contributed by atoms with Crippen LogP contribution in [-0.4, -0.2) is 65.6 Å². The van der Waals surface area contributed by atoms with Gasteiger partial charge in [-0.3, -0.25) is 5.10 Å². The van der Waals surface area contributed by atoms with Gasteiger partial charge in [0.1, 0.15) is 22.7 Å². The third kappa shape index (κ3) is 5.19. The number of ether oxygens (including phenoxy) is 4. The Labute approximate surface area is 181 Å². The van der Waals surface area contributed by atoms with Gasteiger partial charge in [-0.25, -0.2) is 4.98 Å². The van der Waals surface area contributed by atoms with Crippen LogP contribution in [0.5, 0.6) is 11.5 Å². The number of rotatable bonds is 8. The third-order valence-electron chi connectivity index (χ3n) is 4.61. The maximum atomic E-state index is 12.8. The molecular formula is C20H22F3N5O4. The van der Waals surface area contributed by atoms with Crippen molar-refractivity contribution >= 4 is 16.9 Å². The molecule has 3 aromatic rings. The summed E-state index contributed by atoms with van der Waals surface area (Å²) in [6, 6.07) is 4.89. The first-order valence-electron chi connectivity index (χ1n) is 10.00. The van der Waals surface area contributed by atoms with Gasteiger partial charge in [0.05, 0.1) is 26.4 Å². The van der Waals surface area contributed by atoms with E-state index in [1.54, 1.807) is 19.1 Å². The van der Waals surface area contributed by atoms with E-state index < -0.39 is 12.8 Å². The van der Waals surface area contributed by atoms with Gasteiger partial charge in [0, 0.05) is 11.5 Å². The number of H-pyrrole nitrogens is 1. The van der Waals surface area contributed by atoms with Crippen molar-refractivity contribution in [3.05, 3.63) is 23.8 Å². The molecule has 1 aromatic carbocycles. The Bertz CT molecular complexity index is 1080. The number of fused-ring (bicyclic) bond motifs is 1. The molecule has 2 aromatic heterocycles. The van der Waals surface area contributed by atoms with Gasteiger partial charge in [-0.2, -0.15) is 18.2 Å². The second-order valence-electron chi connectivity index (χ2n) is 7.04. The van der Waals surface area contributed by atoms with Crippen molar-refractivity contribution in [1.82, 2.24) is 20.2 Å². The Morgan fingerprint density at radius 2 is 1.94 bits per heavy atom. The van der Waals surface area contributed by atoms with Gasteiger partial charge in [-0.05, 0) is 31.5 Å². The number of halogens is 3. The Balaban J connectivity index is 1.64. The fraction of sp³-hybridized carbons (Fsp3) is 0.450. The van der Waals surface area contributed by atoms with Crippen LogP contribution < -0.4 is 14.8 Å². The van der Waals surface area contributed by atoms with E-state index in [1.807, 2.05) is 6.92 Å². The Morgan fingerprint density at radius 3 is 2.66 bits per heavy atom. The highest BCUT2D eigenvalue weighted by molar-refractivity contribution is 5.90. The Hall–Kier alpha value is -3.12. The highest BCUT2D eigenvalue weighted by Crippen LogP contribution is 2.34. The fourth-order valence-electron chi connectivity index (χ4n) is 3.23. The van der Waals surface area contributed by atoms with Crippen molar-refractivity contribution in [3.63, 3.8) is 0 Å². The second-order valence-corrected chi connectivity index (χ2v) is 7.04. The third-order valence-corrected chi connectivity index (χ3v) is 4.61. The molecule has 1 fully saturated rings. The first kappa shape index (κ1) is 22.1. The summed E-state index contributed by atoms with van der Waals surface area (Å²) in [5.74, 6) is 1.04. The van der Waals surface area contributed by atoms with Gasteiger partial charge in [0.15, 0.2) is 18.7 Å². The van der Waals surface area contributed by atoms with E-state index in [4.69, 9.17) is 18.9 Å². The summed E-state index contributed by atoms with van der Waals surface area (Å²) in [7, 11) is 0. The van der Waals surface area contributed by atoms with Crippen molar-refractivity contribution in [1.29, 1.82) is 0 Å². The molecule has 32 heavy (non-hydrogen) atoms. The van der Waals surface area contributed by atoms with Gasteiger partial charge in [-0.1, -0.05) is 0 Å². The summed E-state index contributed by atoms with van der Waals surface area (Å²) in [5.41, 5.74) is 1.44. The molecule has 0 amide bonds. The van der Waals surface area contributed by atoms with Crippen molar-refractivity contribution in [2.45, 2.75) is 26.3 Å². The number of pyridine rings is 1. The molecule has 0 radical (unpaired) electrons. The van der Waals surface area contributed by atoms with E-state index in [0.29, 0.717) is 55.0 Å². The first-order valence-corrected chi connectivity index (χ1v) is 10.00. The summed E-state index contributed by atoms with van der Waals surface area (Å²) in [6.07, 6.45) is -4.86. The molecule has 0 unspecified atom stereocenters. The quantitative estimate of drug-likeness (QED) is 0.535. The van der Waals surface area contributed by atoms with Crippen molar-refractivity contribution in [3.8, 4) is 23.0 Å². The lowest BCUT2D eigenvalue weighted by Crippen LogP contribution is -2.20. The molecule has 0 bridgehead atoms. The maximum Gasteiger partial charge on any atom is 0.422 e. The van der Waals surface area contributed by atoms with Crippen LogP contribution in [0.15, 0.2) is 18.2 Å². The minimum absolute atomic E-state index is 0.0263. The Morgan fingerprint density at radius 1 is 1.16 bits per heavy atom. The summed E-state index contributed by atoms with van der Waals surface area (Å²) < 4.78 is 59.6. The van der Waals surface area contributed by atoms with Gasteiger partial charge in [0.2, 0.25) is 5.95 Å². The van der Waals surface area contributed by atoms with E-state index in [1.165, 1.54) is 6.07 Å². The highest BCUT2D eigenvalue weighted by atomic mass is 19.4. The molecule has 4 rings (SSSR count). The Kier molecular flexibility index (Phi) is 6.33. The van der Waals surface area contributed by atoms with Crippen LogP contribution >= 0.6 is 0 Å². The van der Waals surface area contributed by atoms with Crippen LogP contribution in [0, 0.1) is 6.92 Å². The predicted molar refractivity (Wildman–Crippen MR) is 109 cm³/mol. The van der Waals surface area contributed by atoms with Crippen LogP contribution in [0.25, 0.3) is 22.4 Å². The van der Waals surface area contributed by atoms with E-state index in [9.17, 15) is 13.2 Å². The van der Waals surface area contributed by atoms with Gasteiger partial charge in [-0.15, -0.1) is 5.10 Å². The topological polar surface area (TPSA) is 103 Å². The molecular weight excluding hydrogens is 431 g/mol. The molecule has 0 saturated carbocycles. The average molecular weight is 453 g/mol. The van der Waals surface area contributed by atoms with E-state index in [0.717, 1.165) is 5.56 Å². The van der Waals surface area contributed by atoms with Gasteiger partial charge < -0.3 is 24.3 Å². The molecule has 9 nitrogen and oxygen atoms in total. The SMILES string of the molecule is CCOc1cc(OCC(F)(F)F)c2nc(-c3nc(NCC4OCCO4)n[nH]3)cc(C)c2c1. The van der Waals surface area contributed by atoms with Crippen LogP contribution in [-0.2, 0) is 9.47 Å². The molecule has 12 heteroatoms. The predicted octanol–water partition coefficient (Wildman–Crippen LogP) is 3.45. The zero-order valence-corrected chi connectivity index (χ0v) is 17.5. The average Bonchev–Trinajstić information content (AvgIpc) is 3.42. The smallest absolute Gasteiger partial charge is 0.422 e. The number of aromatic nitrogens is 4. The summed E-state index contributed by atoms with van der Waals surface area (Å²) in [5, 5.41) is 10.5. The highest BCUT2D eigenvalue weighted by Gasteiger charge is 2.29. The number of alkyl halides is 3. The summed E-state index contributed by atoms with van der Waals surface area (Å²) >= 11 is 0. The second kappa shape index (κ2) is 9.17. The number of benzene rings is 1. The minimum Gasteiger partial charge on any atom is -0.494 e. The maximum absolute atomic E-state index is 12.8. The lowest BCUT2D eigenvalue weighted by Gasteiger charge is -2.15. The van der Waals surface area contributed by atoms with Crippen LogP contribution in [0.1, 0.15) is 12.5 Å². The number of aryl methyl sites for hydroxylation is 1. The minimum atomic E-state index is -4.49. The van der Waals surface area contributed by atoms with Crippen molar-refractivity contribution in [2.24, 2.45) is 0 Å². The number of hydrogen-bond donors (Lipinski definition) is 2.